The van der Waals surface area contributed by atoms with E-state index in [0.717, 1.165) is 24.1 Å². The fourth-order valence-electron chi connectivity index (χ4n) is 3.75. The Balaban J connectivity index is 1.77. The van der Waals surface area contributed by atoms with E-state index in [9.17, 15) is 9.59 Å². The van der Waals surface area contributed by atoms with Crippen molar-refractivity contribution in [2.75, 3.05) is 21.3 Å². The van der Waals surface area contributed by atoms with E-state index in [2.05, 4.69) is 10.3 Å². The predicted molar refractivity (Wildman–Crippen MR) is 118 cm³/mol. The summed E-state index contributed by atoms with van der Waals surface area (Å²) in [7, 11) is 4.51. The van der Waals surface area contributed by atoms with Crippen LogP contribution >= 0.6 is 11.8 Å². The molecule has 0 radical (unpaired) electrons. The molecule has 0 saturated heterocycles. The molecule has 1 atom stereocenters. The third-order valence-electron chi connectivity index (χ3n) is 5.43. The Morgan fingerprint density at radius 1 is 1.23 bits per heavy atom. The van der Waals surface area contributed by atoms with Gasteiger partial charge in [-0.3, -0.25) is 4.79 Å². The molecular weight excluding hydrogens is 418 g/mol. The number of thioether (sulfide) groups is 1. The molecule has 1 aliphatic carbocycles. The van der Waals surface area contributed by atoms with Crippen molar-refractivity contribution >= 4 is 28.8 Å². The van der Waals surface area contributed by atoms with Crippen LogP contribution in [0.4, 0.5) is 0 Å². The van der Waals surface area contributed by atoms with E-state index in [1.54, 1.807) is 27.2 Å². The number of fused-ring (bicyclic) bond motifs is 1. The minimum atomic E-state index is -0.546. The zero-order valence-electron chi connectivity index (χ0n) is 17.9. The van der Waals surface area contributed by atoms with Gasteiger partial charge in [-0.25, -0.2) is 9.79 Å². The Labute approximate surface area is 185 Å². The molecule has 1 aromatic rings. The number of amidine groups is 1. The van der Waals surface area contributed by atoms with Crippen molar-refractivity contribution in [3.63, 3.8) is 0 Å². The monoisotopic (exact) mass is 443 g/mol. The van der Waals surface area contributed by atoms with Crippen LogP contribution in [0.5, 0.6) is 11.5 Å². The number of benzene rings is 1. The number of amides is 1. The number of aliphatic imine (C=N–C) groups is 1. The maximum Gasteiger partial charge on any atom is 0.338 e. The fourth-order valence-corrected chi connectivity index (χ4v) is 4.71. The van der Waals surface area contributed by atoms with Gasteiger partial charge in [-0.15, -0.1) is 0 Å². The molecule has 2 aliphatic heterocycles. The van der Waals surface area contributed by atoms with Crippen LogP contribution in [-0.2, 0) is 14.3 Å². The molecule has 3 aliphatic rings. The minimum absolute atomic E-state index is 0.0399. The van der Waals surface area contributed by atoms with Gasteiger partial charge in [0, 0.05) is 23.4 Å². The molecule has 0 bridgehead atoms. The summed E-state index contributed by atoms with van der Waals surface area (Å²) in [6, 6.07) is 5.20. The van der Waals surface area contributed by atoms with E-state index in [4.69, 9.17) is 14.2 Å². The number of ether oxygens (including phenoxy) is 3. The molecule has 1 aromatic carbocycles. The van der Waals surface area contributed by atoms with Gasteiger partial charge in [-0.05, 0) is 37.3 Å². The second kappa shape index (κ2) is 8.66. The van der Waals surface area contributed by atoms with Gasteiger partial charge in [0.15, 0.2) is 5.17 Å². The van der Waals surface area contributed by atoms with Crippen LogP contribution in [0.1, 0.15) is 37.8 Å². The molecule has 1 amide bonds. The molecule has 0 spiro atoms. The highest BCUT2D eigenvalue weighted by Crippen LogP contribution is 2.47. The summed E-state index contributed by atoms with van der Waals surface area (Å²) in [6.07, 6.45) is 2.25. The van der Waals surface area contributed by atoms with Crippen molar-refractivity contribution in [1.82, 2.24) is 10.2 Å². The van der Waals surface area contributed by atoms with Gasteiger partial charge < -0.3 is 24.4 Å². The highest BCUT2D eigenvalue weighted by atomic mass is 32.2. The van der Waals surface area contributed by atoms with Gasteiger partial charge in [-0.1, -0.05) is 11.8 Å². The number of nitrogens with zero attached hydrogens (tertiary/aromatic N) is 2. The van der Waals surface area contributed by atoms with Gasteiger partial charge in [0.25, 0.3) is 0 Å². The van der Waals surface area contributed by atoms with E-state index < -0.39 is 12.0 Å². The van der Waals surface area contributed by atoms with Crippen LogP contribution in [0.3, 0.4) is 0 Å². The van der Waals surface area contributed by atoms with Gasteiger partial charge >= 0.3 is 5.97 Å². The molecule has 31 heavy (non-hydrogen) atoms. The first-order valence-electron chi connectivity index (χ1n) is 10.0. The van der Waals surface area contributed by atoms with Crippen LogP contribution in [0.25, 0.3) is 0 Å². The molecular formula is C22H25N3O5S. The van der Waals surface area contributed by atoms with Crippen molar-refractivity contribution in [3.05, 3.63) is 46.1 Å². The lowest BCUT2D eigenvalue weighted by molar-refractivity contribution is -0.136. The standard InChI is InChI=1S/C22H25N3O5S/c1-12-19(21(27)30-4)20(16-8-7-15(28-2)10-17(16)29-3)25-14(11-31-22(25)23-12)9-18(26)24-13-5-6-13/h7-8,10-11,13,20H,5-6,9H2,1-4H3,(H,24,26)/t20-/m1/s1. The summed E-state index contributed by atoms with van der Waals surface area (Å²) >= 11 is 1.44. The van der Waals surface area contributed by atoms with Crippen molar-refractivity contribution in [2.24, 2.45) is 4.99 Å². The SMILES string of the molecule is COC(=O)C1=C(C)N=C2SC=C(CC(=O)NC3CC3)N2[C@@H]1c1ccc(OC)cc1OC. The molecule has 4 rings (SSSR count). The van der Waals surface area contributed by atoms with Gasteiger partial charge in [0.2, 0.25) is 5.91 Å². The van der Waals surface area contributed by atoms with Crippen LogP contribution in [0, 0.1) is 0 Å². The highest BCUT2D eigenvalue weighted by Gasteiger charge is 2.42. The molecule has 0 unspecified atom stereocenters. The third-order valence-corrected chi connectivity index (χ3v) is 6.31. The second-order valence-electron chi connectivity index (χ2n) is 7.51. The summed E-state index contributed by atoms with van der Waals surface area (Å²) in [5.41, 5.74) is 2.52. The van der Waals surface area contributed by atoms with Crippen molar-refractivity contribution in [1.29, 1.82) is 0 Å². The minimum Gasteiger partial charge on any atom is -0.497 e. The quantitative estimate of drug-likeness (QED) is 0.648. The van der Waals surface area contributed by atoms with Gasteiger partial charge in [0.05, 0.1) is 45.1 Å². The predicted octanol–water partition coefficient (Wildman–Crippen LogP) is 3.12. The lowest BCUT2D eigenvalue weighted by atomic mass is 9.93. The van der Waals surface area contributed by atoms with Gasteiger partial charge in [0.1, 0.15) is 11.5 Å². The van der Waals surface area contributed by atoms with Crippen molar-refractivity contribution in [3.8, 4) is 11.5 Å². The van der Waals surface area contributed by atoms with Crippen molar-refractivity contribution in [2.45, 2.75) is 38.3 Å². The average molecular weight is 444 g/mol. The van der Waals surface area contributed by atoms with Crippen LogP contribution in [-0.4, -0.2) is 49.3 Å². The zero-order valence-corrected chi connectivity index (χ0v) is 18.7. The smallest absolute Gasteiger partial charge is 0.338 e. The van der Waals surface area contributed by atoms with Crippen molar-refractivity contribution < 1.29 is 23.8 Å². The lowest BCUT2D eigenvalue weighted by Crippen LogP contribution is -2.38. The Hall–Kier alpha value is -2.94. The Morgan fingerprint density at radius 2 is 2.00 bits per heavy atom. The fraction of sp³-hybridized carbons (Fsp3) is 0.409. The van der Waals surface area contributed by atoms with Crippen LogP contribution < -0.4 is 14.8 Å². The van der Waals surface area contributed by atoms with Crippen LogP contribution in [0.15, 0.2) is 45.6 Å². The molecule has 8 nitrogen and oxygen atoms in total. The number of rotatable bonds is 7. The van der Waals surface area contributed by atoms with E-state index >= 15 is 0 Å². The molecule has 1 N–H and O–H groups in total. The van der Waals surface area contributed by atoms with Crippen LogP contribution in [0.2, 0.25) is 0 Å². The number of nitrogens with one attached hydrogen (secondary N) is 1. The molecule has 1 saturated carbocycles. The number of allylic oxidation sites excluding steroid dienone is 1. The topological polar surface area (TPSA) is 89.5 Å². The first-order valence-corrected chi connectivity index (χ1v) is 10.9. The maximum atomic E-state index is 12.8. The maximum absolute atomic E-state index is 12.8. The number of carbonyl (C=O) groups excluding carboxylic acids is 2. The molecule has 164 valence electrons. The summed E-state index contributed by atoms with van der Waals surface area (Å²) in [5, 5.41) is 5.65. The first kappa shape index (κ1) is 21.3. The summed E-state index contributed by atoms with van der Waals surface area (Å²) < 4.78 is 16.1. The summed E-state index contributed by atoms with van der Waals surface area (Å²) in [6.45, 7) is 1.79. The molecule has 9 heteroatoms. The van der Waals surface area contributed by atoms with E-state index in [-0.39, 0.29) is 18.4 Å². The van der Waals surface area contributed by atoms with E-state index in [0.29, 0.717) is 27.9 Å². The first-order chi connectivity index (χ1) is 15.0. The third kappa shape index (κ3) is 4.14. The largest absolute Gasteiger partial charge is 0.497 e. The zero-order chi connectivity index (χ0) is 22.1. The number of hydrogen-bond donors (Lipinski definition) is 1. The Morgan fingerprint density at radius 3 is 2.65 bits per heavy atom. The van der Waals surface area contributed by atoms with Gasteiger partial charge in [-0.2, -0.15) is 0 Å². The molecule has 2 heterocycles. The van der Waals surface area contributed by atoms with E-state index in [1.165, 1.54) is 18.9 Å². The molecule has 0 aromatic heterocycles. The lowest BCUT2D eigenvalue weighted by Gasteiger charge is -2.36. The Bertz CT molecular complexity index is 1010. The number of hydrogen-bond acceptors (Lipinski definition) is 8. The number of esters is 1. The summed E-state index contributed by atoms with van der Waals surface area (Å²) in [5.74, 6) is 0.697. The normalized spacial score (nSPS) is 20.0. The number of methoxy groups -OCH3 is 3. The number of carbonyl (C=O) groups is 2. The molecule has 1 fully saturated rings. The average Bonchev–Trinajstić information content (AvgIpc) is 3.50. The van der Waals surface area contributed by atoms with E-state index in [1.807, 2.05) is 22.4 Å². The second-order valence-corrected chi connectivity index (χ2v) is 8.35. The summed E-state index contributed by atoms with van der Waals surface area (Å²) in [4.78, 5) is 31.9. The highest BCUT2D eigenvalue weighted by molar-refractivity contribution is 8.16. The Kier molecular flexibility index (Phi) is 5.95.